The summed E-state index contributed by atoms with van der Waals surface area (Å²) in [6.45, 7) is 0. The van der Waals surface area contributed by atoms with Gasteiger partial charge >= 0.3 is 0 Å². The number of carbonyl (C=O) groups is 1. The Morgan fingerprint density at radius 2 is 2.11 bits per heavy atom. The highest BCUT2D eigenvalue weighted by Crippen LogP contribution is 2.22. The molecule has 0 aliphatic rings. The molecule has 0 saturated carbocycles. The Morgan fingerprint density at radius 1 is 1.33 bits per heavy atom. The fourth-order valence-corrected chi connectivity index (χ4v) is 1.62. The first-order chi connectivity index (χ1) is 8.58. The van der Waals surface area contributed by atoms with Crippen molar-refractivity contribution in [3.63, 3.8) is 0 Å². The van der Waals surface area contributed by atoms with Gasteiger partial charge in [0.2, 0.25) is 0 Å². The zero-order valence-corrected chi connectivity index (χ0v) is 10.5. The van der Waals surface area contributed by atoms with Gasteiger partial charge in [-0.25, -0.2) is 4.98 Å². The second-order valence-electron chi connectivity index (χ2n) is 3.42. The van der Waals surface area contributed by atoms with E-state index in [4.69, 9.17) is 28.9 Å². The molecule has 0 aromatic carbocycles. The first kappa shape index (κ1) is 12.6. The van der Waals surface area contributed by atoms with Gasteiger partial charge in [0.15, 0.2) is 0 Å². The molecule has 0 spiro atoms. The van der Waals surface area contributed by atoms with Crippen LogP contribution in [0, 0.1) is 0 Å². The molecule has 5 nitrogen and oxygen atoms in total. The van der Waals surface area contributed by atoms with E-state index in [1.54, 1.807) is 6.07 Å². The van der Waals surface area contributed by atoms with Crippen LogP contribution in [0.3, 0.4) is 0 Å². The summed E-state index contributed by atoms with van der Waals surface area (Å²) in [5.41, 5.74) is 6.47. The van der Waals surface area contributed by atoms with Crippen molar-refractivity contribution >= 4 is 40.5 Å². The maximum atomic E-state index is 12.0. The summed E-state index contributed by atoms with van der Waals surface area (Å²) in [6.07, 6.45) is 4.33. The normalized spacial score (nSPS) is 10.1. The minimum Gasteiger partial charge on any atom is -0.397 e. The van der Waals surface area contributed by atoms with Crippen LogP contribution in [0.25, 0.3) is 0 Å². The molecule has 2 rings (SSSR count). The van der Waals surface area contributed by atoms with E-state index in [-0.39, 0.29) is 10.7 Å². The van der Waals surface area contributed by atoms with Crippen molar-refractivity contribution in [1.82, 2.24) is 9.97 Å². The number of nitrogen functional groups attached to an aromatic ring is 1. The highest BCUT2D eigenvalue weighted by molar-refractivity contribution is 6.35. The monoisotopic (exact) mass is 282 g/mol. The van der Waals surface area contributed by atoms with Crippen molar-refractivity contribution in [2.75, 3.05) is 11.1 Å². The van der Waals surface area contributed by atoms with Crippen molar-refractivity contribution in [2.24, 2.45) is 0 Å². The second-order valence-corrected chi connectivity index (χ2v) is 4.18. The Morgan fingerprint density at radius 3 is 2.83 bits per heavy atom. The van der Waals surface area contributed by atoms with Crippen LogP contribution in [-0.2, 0) is 0 Å². The van der Waals surface area contributed by atoms with Crippen LogP contribution < -0.4 is 11.1 Å². The lowest BCUT2D eigenvalue weighted by Gasteiger charge is -2.07. The van der Waals surface area contributed by atoms with E-state index >= 15 is 0 Å². The molecule has 1 amide bonds. The molecule has 92 valence electrons. The van der Waals surface area contributed by atoms with Gasteiger partial charge in [-0.2, -0.15) is 0 Å². The number of hydrogen-bond donors (Lipinski definition) is 2. The number of nitrogens with zero attached hydrogens (tertiary/aromatic N) is 2. The van der Waals surface area contributed by atoms with Crippen molar-refractivity contribution in [2.45, 2.75) is 0 Å². The number of hydrogen-bond acceptors (Lipinski definition) is 4. The first-order valence-electron chi connectivity index (χ1n) is 4.90. The number of anilines is 2. The van der Waals surface area contributed by atoms with Crippen LogP contribution in [-0.4, -0.2) is 15.9 Å². The SMILES string of the molecule is Nc1cnc(Cl)c(C(=O)Nc2cnccc2Cl)c1. The summed E-state index contributed by atoms with van der Waals surface area (Å²) in [4.78, 5) is 19.6. The number of aromatic nitrogens is 2. The summed E-state index contributed by atoms with van der Waals surface area (Å²) < 4.78 is 0. The van der Waals surface area contributed by atoms with E-state index in [1.807, 2.05) is 0 Å². The maximum absolute atomic E-state index is 12.0. The predicted molar refractivity (Wildman–Crippen MR) is 70.9 cm³/mol. The lowest BCUT2D eigenvalue weighted by molar-refractivity contribution is 0.102. The molecule has 7 heteroatoms. The topological polar surface area (TPSA) is 80.9 Å². The summed E-state index contributed by atoms with van der Waals surface area (Å²) in [5, 5.41) is 3.03. The average molecular weight is 283 g/mol. The summed E-state index contributed by atoms with van der Waals surface area (Å²) in [6, 6.07) is 3.01. The molecule has 2 heterocycles. The van der Waals surface area contributed by atoms with Crippen LogP contribution in [0.2, 0.25) is 10.2 Å². The van der Waals surface area contributed by atoms with Gasteiger partial charge in [-0.05, 0) is 12.1 Å². The van der Waals surface area contributed by atoms with Gasteiger partial charge in [0.1, 0.15) is 5.15 Å². The van der Waals surface area contributed by atoms with Crippen LogP contribution >= 0.6 is 23.2 Å². The lowest BCUT2D eigenvalue weighted by Crippen LogP contribution is -2.14. The minimum absolute atomic E-state index is 0.0710. The zero-order valence-electron chi connectivity index (χ0n) is 9.02. The van der Waals surface area contributed by atoms with Gasteiger partial charge in [-0.15, -0.1) is 0 Å². The fraction of sp³-hybridized carbons (Fsp3) is 0. The van der Waals surface area contributed by atoms with E-state index in [1.165, 1.54) is 24.7 Å². The molecule has 2 aromatic rings. The predicted octanol–water partition coefficient (Wildman–Crippen LogP) is 2.62. The molecule has 0 unspecified atom stereocenters. The van der Waals surface area contributed by atoms with E-state index in [0.29, 0.717) is 16.4 Å². The molecular formula is C11H8Cl2N4O. The highest BCUT2D eigenvalue weighted by Gasteiger charge is 2.13. The minimum atomic E-state index is -0.449. The third-order valence-electron chi connectivity index (χ3n) is 2.12. The van der Waals surface area contributed by atoms with Crippen molar-refractivity contribution < 1.29 is 4.79 Å². The summed E-state index contributed by atoms with van der Waals surface area (Å²) in [5.74, 6) is -0.449. The van der Waals surface area contributed by atoms with E-state index in [9.17, 15) is 4.79 Å². The van der Waals surface area contributed by atoms with E-state index < -0.39 is 5.91 Å². The average Bonchev–Trinajstić information content (AvgIpc) is 2.35. The fourth-order valence-electron chi connectivity index (χ4n) is 1.28. The molecule has 18 heavy (non-hydrogen) atoms. The quantitative estimate of drug-likeness (QED) is 0.830. The van der Waals surface area contributed by atoms with Gasteiger partial charge in [0, 0.05) is 6.20 Å². The summed E-state index contributed by atoms with van der Waals surface area (Å²) >= 11 is 11.7. The van der Waals surface area contributed by atoms with Gasteiger partial charge in [0.05, 0.1) is 34.4 Å². The molecule has 2 aromatic heterocycles. The molecular weight excluding hydrogens is 275 g/mol. The van der Waals surface area contributed by atoms with Crippen LogP contribution in [0.4, 0.5) is 11.4 Å². The largest absolute Gasteiger partial charge is 0.397 e. The maximum Gasteiger partial charge on any atom is 0.258 e. The number of pyridine rings is 2. The van der Waals surface area contributed by atoms with Gasteiger partial charge < -0.3 is 11.1 Å². The molecule has 0 radical (unpaired) electrons. The Bertz CT molecular complexity index is 603. The van der Waals surface area contributed by atoms with Gasteiger partial charge in [-0.1, -0.05) is 23.2 Å². The Kier molecular flexibility index (Phi) is 3.64. The number of carbonyl (C=O) groups excluding carboxylic acids is 1. The van der Waals surface area contributed by atoms with Crippen molar-refractivity contribution in [3.05, 3.63) is 46.5 Å². The number of amides is 1. The first-order valence-corrected chi connectivity index (χ1v) is 5.65. The highest BCUT2D eigenvalue weighted by atomic mass is 35.5. The van der Waals surface area contributed by atoms with E-state index in [0.717, 1.165) is 0 Å². The zero-order chi connectivity index (χ0) is 13.1. The molecule has 0 fully saturated rings. The molecule has 0 saturated heterocycles. The standard InChI is InChI=1S/C11H8Cl2N4O/c12-8-1-2-15-5-9(8)17-11(18)7-3-6(14)4-16-10(7)13/h1-5H,14H2,(H,17,18). The number of rotatable bonds is 2. The molecule has 3 N–H and O–H groups in total. The molecule has 0 aliphatic heterocycles. The van der Waals surface area contributed by atoms with Crippen LogP contribution in [0.5, 0.6) is 0 Å². The molecule has 0 atom stereocenters. The molecule has 0 bridgehead atoms. The lowest BCUT2D eigenvalue weighted by atomic mass is 10.2. The van der Waals surface area contributed by atoms with E-state index in [2.05, 4.69) is 15.3 Å². The van der Waals surface area contributed by atoms with Crippen LogP contribution in [0.15, 0.2) is 30.7 Å². The van der Waals surface area contributed by atoms with Gasteiger partial charge in [0.25, 0.3) is 5.91 Å². The third kappa shape index (κ3) is 2.69. The Balaban J connectivity index is 2.28. The van der Waals surface area contributed by atoms with Crippen molar-refractivity contribution in [1.29, 1.82) is 0 Å². The smallest absolute Gasteiger partial charge is 0.258 e. The number of nitrogens with one attached hydrogen (secondary N) is 1. The number of nitrogens with two attached hydrogens (primary N) is 1. The summed E-state index contributed by atoms with van der Waals surface area (Å²) in [7, 11) is 0. The Hall–Kier alpha value is -1.85. The van der Waals surface area contributed by atoms with Gasteiger partial charge in [-0.3, -0.25) is 9.78 Å². The number of halogens is 2. The Labute approximate surface area is 113 Å². The van der Waals surface area contributed by atoms with Crippen LogP contribution in [0.1, 0.15) is 10.4 Å². The van der Waals surface area contributed by atoms with Crippen molar-refractivity contribution in [3.8, 4) is 0 Å². The second kappa shape index (κ2) is 5.20. The third-order valence-corrected chi connectivity index (χ3v) is 2.75. The molecule has 0 aliphatic carbocycles.